The Labute approximate surface area is 362 Å². The van der Waals surface area contributed by atoms with Crippen LogP contribution in [0.3, 0.4) is 0 Å². The summed E-state index contributed by atoms with van der Waals surface area (Å²) < 4.78 is 5.72. The number of hydrogen-bond acceptors (Lipinski definition) is 10. The van der Waals surface area contributed by atoms with E-state index >= 15 is 0 Å². The summed E-state index contributed by atoms with van der Waals surface area (Å²) >= 11 is 0. The monoisotopic (exact) mass is 830 g/mol. The van der Waals surface area contributed by atoms with Gasteiger partial charge in [-0.15, -0.1) is 0 Å². The molecule has 0 aromatic rings. The van der Waals surface area contributed by atoms with Crippen LogP contribution in [0.25, 0.3) is 0 Å². The molecule has 0 atom stereocenters. The maximum Gasteiger partial charge on any atom is 0.410 e. The number of piperidine rings is 3. The molecule has 6 heterocycles. The molecule has 0 unspecified atom stereocenters. The van der Waals surface area contributed by atoms with E-state index < -0.39 is 0 Å². The summed E-state index contributed by atoms with van der Waals surface area (Å²) in [6.07, 6.45) is 11.2. The van der Waals surface area contributed by atoms with Gasteiger partial charge in [-0.1, -0.05) is 0 Å². The predicted octanol–water partition coefficient (Wildman–Crippen LogP) is 5.47. The number of likely N-dealkylation sites (tertiary alicyclic amines) is 3. The van der Waals surface area contributed by atoms with Gasteiger partial charge in [0.1, 0.15) is 6.10 Å². The maximum atomic E-state index is 12.3. The van der Waals surface area contributed by atoms with Crippen LogP contribution in [-0.2, 0) is 9.53 Å². The number of amides is 2. The topological polar surface area (TPSA) is 72.5 Å². The quantitative estimate of drug-likeness (QED) is 0.365. The normalized spacial score (nSPS) is 26.1. The molecule has 0 radical (unpaired) electrons. The molecule has 12 nitrogen and oxygen atoms in total. The van der Waals surface area contributed by atoms with Crippen molar-refractivity contribution in [3.8, 4) is 0 Å². The highest BCUT2D eigenvalue weighted by atomic mass is 16.6. The molecule has 7 rings (SSSR count). The molecule has 0 spiro atoms. The van der Waals surface area contributed by atoms with E-state index in [0.29, 0.717) is 11.1 Å². The zero-order valence-corrected chi connectivity index (χ0v) is 40.2. The molecule has 0 aromatic heterocycles. The highest BCUT2D eigenvalue weighted by Crippen LogP contribution is 2.30. The van der Waals surface area contributed by atoms with Crippen LogP contribution >= 0.6 is 0 Å². The first-order valence-corrected chi connectivity index (χ1v) is 24.1. The van der Waals surface area contributed by atoms with Crippen molar-refractivity contribution >= 4 is 12.0 Å². The van der Waals surface area contributed by atoms with Crippen LogP contribution in [0.1, 0.15) is 127 Å². The lowest BCUT2D eigenvalue weighted by Gasteiger charge is -2.46. The summed E-state index contributed by atoms with van der Waals surface area (Å²) in [5, 5.41) is 0. The summed E-state index contributed by atoms with van der Waals surface area (Å²) in [4.78, 5) is 45.5. The van der Waals surface area contributed by atoms with Gasteiger partial charge < -0.3 is 19.4 Å². The molecule has 0 aromatic carbocycles. The average molecular weight is 830 g/mol. The van der Waals surface area contributed by atoms with E-state index in [1.165, 1.54) is 90.9 Å². The first-order chi connectivity index (χ1) is 27.8. The summed E-state index contributed by atoms with van der Waals surface area (Å²) in [6.45, 7) is 42.2. The largest absolute Gasteiger partial charge is 0.446 e. The Hall–Kier alpha value is -1.54. The highest BCUT2D eigenvalue weighted by Gasteiger charge is 2.36. The minimum atomic E-state index is -0.112. The molecule has 0 bridgehead atoms. The Morgan fingerprint density at radius 1 is 0.424 bits per heavy atom. The SMILES string of the molecule is CC(=O)N1CCN(C2CCN(C(C)(C)C)CC2)CC1.CC(C)(C)N1CCC(N2CCN(C3CC3)CC2)CC1.CN1CCCN(C(=O)OC2CCN(C(C)(C)C)CC2)CC1. The number of piperazine rings is 2. The molecule has 1 aliphatic carbocycles. The fourth-order valence-corrected chi connectivity index (χ4v) is 10.2. The smallest absolute Gasteiger partial charge is 0.410 e. The zero-order valence-electron chi connectivity index (χ0n) is 40.2. The van der Waals surface area contributed by atoms with Crippen LogP contribution in [0, 0.1) is 0 Å². The van der Waals surface area contributed by atoms with Crippen molar-refractivity contribution < 1.29 is 14.3 Å². The van der Waals surface area contributed by atoms with Gasteiger partial charge in [-0.05, 0) is 134 Å². The van der Waals surface area contributed by atoms with E-state index in [4.69, 9.17) is 4.74 Å². The average Bonchev–Trinajstić information content (AvgIpc) is 4.07. The number of nitrogens with zero attached hydrogens (tertiary/aromatic N) is 9. The number of hydrogen-bond donors (Lipinski definition) is 0. The van der Waals surface area contributed by atoms with Crippen LogP contribution in [0.5, 0.6) is 0 Å². The first-order valence-electron chi connectivity index (χ1n) is 24.1. The predicted molar refractivity (Wildman–Crippen MR) is 243 cm³/mol. The lowest BCUT2D eigenvalue weighted by atomic mass is 9.96. The van der Waals surface area contributed by atoms with E-state index in [1.54, 1.807) is 6.92 Å². The Balaban J connectivity index is 0.000000168. The van der Waals surface area contributed by atoms with Crippen LogP contribution in [0.4, 0.5) is 4.79 Å². The molecule has 0 N–H and O–H groups in total. The van der Waals surface area contributed by atoms with Crippen molar-refractivity contribution in [1.82, 2.24) is 44.1 Å². The van der Waals surface area contributed by atoms with Gasteiger partial charge in [0.05, 0.1) is 0 Å². The van der Waals surface area contributed by atoms with Gasteiger partial charge >= 0.3 is 6.09 Å². The molecule has 1 saturated carbocycles. The molecule has 2 amide bonds. The third-order valence-corrected chi connectivity index (χ3v) is 14.7. The molecule has 7 aliphatic rings. The summed E-state index contributed by atoms with van der Waals surface area (Å²) in [7, 11) is 2.11. The molecule has 342 valence electrons. The van der Waals surface area contributed by atoms with E-state index in [1.807, 2.05) is 9.80 Å². The lowest BCUT2D eigenvalue weighted by molar-refractivity contribution is -0.131. The number of ether oxygens (including phenoxy) is 1. The Morgan fingerprint density at radius 3 is 1.15 bits per heavy atom. The van der Waals surface area contributed by atoms with Gasteiger partial charge in [-0.3, -0.25) is 34.2 Å². The summed E-state index contributed by atoms with van der Waals surface area (Å²) in [5.74, 6) is 0.224. The van der Waals surface area contributed by atoms with Gasteiger partial charge in [0.2, 0.25) is 5.91 Å². The van der Waals surface area contributed by atoms with Gasteiger partial charge in [0.25, 0.3) is 0 Å². The van der Waals surface area contributed by atoms with Crippen LogP contribution in [0.2, 0.25) is 0 Å². The molecule has 6 saturated heterocycles. The third-order valence-electron chi connectivity index (χ3n) is 14.7. The van der Waals surface area contributed by atoms with Crippen molar-refractivity contribution in [3.63, 3.8) is 0 Å². The second-order valence-electron chi connectivity index (χ2n) is 22.0. The molecule has 59 heavy (non-hydrogen) atoms. The van der Waals surface area contributed by atoms with Gasteiger partial charge in [0.15, 0.2) is 0 Å². The fourth-order valence-electron chi connectivity index (χ4n) is 10.2. The van der Waals surface area contributed by atoms with Crippen molar-refractivity contribution in [2.75, 3.05) is 125 Å². The van der Waals surface area contributed by atoms with Crippen molar-refractivity contribution in [2.24, 2.45) is 0 Å². The Morgan fingerprint density at radius 2 is 0.780 bits per heavy atom. The first kappa shape index (κ1) is 48.5. The van der Waals surface area contributed by atoms with E-state index in [9.17, 15) is 9.59 Å². The number of rotatable bonds is 4. The van der Waals surface area contributed by atoms with Crippen molar-refractivity contribution in [1.29, 1.82) is 0 Å². The third kappa shape index (κ3) is 15.3. The Kier molecular flexibility index (Phi) is 17.8. The lowest BCUT2D eigenvalue weighted by Crippen LogP contribution is -2.55. The Bertz CT molecular complexity index is 1250. The van der Waals surface area contributed by atoms with Gasteiger partial charge in [0, 0.05) is 153 Å². The molecular formula is C47H91N9O3. The number of carbonyl (C=O) groups excluding carboxylic acids is 2. The van der Waals surface area contributed by atoms with E-state index in [2.05, 4.69) is 104 Å². The van der Waals surface area contributed by atoms with E-state index in [-0.39, 0.29) is 23.6 Å². The summed E-state index contributed by atoms with van der Waals surface area (Å²) in [5.41, 5.74) is 0.873. The maximum absolute atomic E-state index is 12.3. The molecular weight excluding hydrogens is 739 g/mol. The van der Waals surface area contributed by atoms with Crippen molar-refractivity contribution in [2.45, 2.75) is 168 Å². The van der Waals surface area contributed by atoms with Gasteiger partial charge in [-0.25, -0.2) is 4.79 Å². The molecule has 6 aliphatic heterocycles. The minimum absolute atomic E-state index is 0.0945. The van der Waals surface area contributed by atoms with Crippen LogP contribution in [-0.4, -0.2) is 222 Å². The molecule has 7 fully saturated rings. The van der Waals surface area contributed by atoms with E-state index in [0.717, 1.165) is 103 Å². The summed E-state index contributed by atoms with van der Waals surface area (Å²) in [6, 6.07) is 2.55. The fraction of sp³-hybridized carbons (Fsp3) is 0.957. The van der Waals surface area contributed by atoms with Crippen LogP contribution < -0.4 is 0 Å². The zero-order chi connectivity index (χ0) is 43.0. The number of likely N-dealkylation sites (N-methyl/N-ethyl adjacent to an activating group) is 1. The second-order valence-corrected chi connectivity index (χ2v) is 22.0. The highest BCUT2D eigenvalue weighted by molar-refractivity contribution is 5.73. The molecule has 12 heteroatoms. The number of carbonyl (C=O) groups is 2. The minimum Gasteiger partial charge on any atom is -0.446 e. The van der Waals surface area contributed by atoms with Crippen LogP contribution in [0.15, 0.2) is 0 Å². The standard InChI is InChI=1S/C16H31N3O2.C16H31N3.C15H29N3O/c1-16(2,3)19-10-6-14(7-11-19)21-15(20)18-9-5-8-17(4)12-13-18;1-16(2,3)19-8-6-15(7-9-19)18-12-10-17(11-13-18)14-4-5-14;1-13(19)16-9-11-17(12-10-16)14-5-7-18(8-6-14)15(2,3)4/h14H,5-13H2,1-4H3;14-15H,4-13H2,1-3H3;14H,5-12H2,1-4H3. The second kappa shape index (κ2) is 21.7. The van der Waals surface area contributed by atoms with Crippen molar-refractivity contribution in [3.05, 3.63) is 0 Å². The van der Waals surface area contributed by atoms with Gasteiger partial charge in [-0.2, -0.15) is 0 Å².